The Kier molecular flexibility index (Phi) is 4.65. The number of hydrogen-bond donors (Lipinski definition) is 1. The van der Waals surface area contributed by atoms with E-state index in [4.69, 9.17) is 9.31 Å². The van der Waals surface area contributed by atoms with Crippen molar-refractivity contribution in [2.45, 2.75) is 78.1 Å². The third-order valence-corrected chi connectivity index (χ3v) is 5.43. The topological polar surface area (TPSA) is 64.5 Å². The normalized spacial score (nSPS) is 19.3. The molecule has 1 N–H and O–H groups in total. The van der Waals surface area contributed by atoms with E-state index in [1.54, 1.807) is 13.8 Å². The Morgan fingerprint density at radius 3 is 2.11 bits per heavy atom. The van der Waals surface area contributed by atoms with Crippen molar-refractivity contribution < 1.29 is 18.8 Å². The molecule has 0 bridgehead atoms. The third-order valence-electron chi connectivity index (χ3n) is 5.43. The minimum absolute atomic E-state index is 0.0320. The van der Waals surface area contributed by atoms with Gasteiger partial charge in [-0.15, -0.1) is 0 Å². The van der Waals surface area contributed by atoms with Gasteiger partial charge in [-0.25, -0.2) is 14.4 Å². The highest BCUT2D eigenvalue weighted by molar-refractivity contribution is 6.62. The van der Waals surface area contributed by atoms with E-state index in [1.807, 2.05) is 47.6 Å². The summed E-state index contributed by atoms with van der Waals surface area (Å²) in [6.45, 7) is 15.0. The summed E-state index contributed by atoms with van der Waals surface area (Å²) < 4.78 is 27.1. The van der Waals surface area contributed by atoms with Crippen LogP contribution in [0.3, 0.4) is 0 Å². The van der Waals surface area contributed by atoms with Gasteiger partial charge in [-0.2, -0.15) is 0 Å². The number of hydrogen-bond acceptors (Lipinski definition) is 5. The molecule has 7 heteroatoms. The van der Waals surface area contributed by atoms with Gasteiger partial charge in [-0.05, 0) is 59.0 Å². The van der Waals surface area contributed by atoms with E-state index in [-0.39, 0.29) is 17.3 Å². The van der Waals surface area contributed by atoms with E-state index in [0.717, 1.165) is 0 Å². The maximum absolute atomic E-state index is 15.0. The highest BCUT2D eigenvalue weighted by Crippen LogP contribution is 2.37. The molecule has 0 unspecified atom stereocenters. The summed E-state index contributed by atoms with van der Waals surface area (Å²) in [5.74, 6) is -0.238. The van der Waals surface area contributed by atoms with Crippen LogP contribution in [0.5, 0.6) is 0 Å². The first-order valence-electron chi connectivity index (χ1n) is 9.32. The lowest BCUT2D eigenvalue weighted by molar-refractivity contribution is 0.00578. The number of halogens is 1. The van der Waals surface area contributed by atoms with Gasteiger partial charge in [0.05, 0.1) is 16.9 Å². The van der Waals surface area contributed by atoms with Gasteiger partial charge in [0.2, 0.25) is 0 Å². The van der Waals surface area contributed by atoms with Crippen molar-refractivity contribution in [3.05, 3.63) is 29.5 Å². The van der Waals surface area contributed by atoms with Crippen molar-refractivity contribution in [1.29, 1.82) is 0 Å². The number of aliphatic hydroxyl groups is 1. The van der Waals surface area contributed by atoms with Crippen LogP contribution < -0.4 is 5.46 Å². The molecule has 2 aromatic rings. The lowest BCUT2D eigenvalue weighted by Crippen LogP contribution is -2.41. The van der Waals surface area contributed by atoms with Crippen LogP contribution in [0, 0.1) is 5.82 Å². The Bertz CT molecular complexity index is 875. The minimum Gasteiger partial charge on any atom is -0.399 e. The number of nitrogens with zero attached hydrogens (tertiary/aromatic N) is 2. The zero-order valence-corrected chi connectivity index (χ0v) is 17.3. The van der Waals surface area contributed by atoms with Gasteiger partial charge in [0.15, 0.2) is 5.82 Å². The Balaban J connectivity index is 2.19. The number of rotatable bonds is 3. The monoisotopic (exact) mass is 374 g/mol. The van der Waals surface area contributed by atoms with Crippen molar-refractivity contribution in [1.82, 2.24) is 9.97 Å². The summed E-state index contributed by atoms with van der Waals surface area (Å²) in [5, 5.41) is 10.9. The van der Waals surface area contributed by atoms with E-state index in [1.165, 1.54) is 6.07 Å². The first kappa shape index (κ1) is 20.2. The quantitative estimate of drug-likeness (QED) is 0.835. The molecular formula is C20H28BFN2O3. The highest BCUT2D eigenvalue weighted by atomic mass is 19.1. The molecule has 1 aromatic carbocycles. The highest BCUT2D eigenvalue weighted by Gasteiger charge is 2.51. The summed E-state index contributed by atoms with van der Waals surface area (Å²) in [4.78, 5) is 8.82. The molecule has 0 amide bonds. The van der Waals surface area contributed by atoms with Crippen LogP contribution in [-0.2, 0) is 14.9 Å². The molecule has 1 saturated heterocycles. The summed E-state index contributed by atoms with van der Waals surface area (Å²) >= 11 is 0. The first-order valence-corrected chi connectivity index (χ1v) is 9.32. The molecule has 0 atom stereocenters. The second-order valence-corrected chi connectivity index (χ2v) is 9.13. The molecule has 1 aliphatic rings. The standard InChI is InChI=1S/C20H28BFN2O3/c1-11(2)15-13-9-12(21-26-19(5,6)20(7,8)27-21)10-14(22)16(13)24-17(23-15)18(3,4)25/h9-11,25H,1-8H3. The lowest BCUT2D eigenvalue weighted by atomic mass is 9.78. The Morgan fingerprint density at radius 1 is 1.07 bits per heavy atom. The van der Waals surface area contributed by atoms with E-state index >= 15 is 4.39 Å². The molecule has 2 heterocycles. The number of fused-ring (bicyclic) bond motifs is 1. The van der Waals surface area contributed by atoms with Gasteiger partial charge < -0.3 is 14.4 Å². The predicted molar refractivity (Wildman–Crippen MR) is 105 cm³/mol. The molecule has 0 aliphatic carbocycles. The van der Waals surface area contributed by atoms with Crippen LogP contribution in [0.2, 0.25) is 0 Å². The van der Waals surface area contributed by atoms with Gasteiger partial charge in [0, 0.05) is 5.39 Å². The first-order chi connectivity index (χ1) is 12.2. The van der Waals surface area contributed by atoms with Gasteiger partial charge in [-0.1, -0.05) is 19.9 Å². The molecule has 0 radical (unpaired) electrons. The van der Waals surface area contributed by atoms with E-state index in [0.29, 0.717) is 16.5 Å². The Hall–Kier alpha value is -1.57. The fraction of sp³-hybridized carbons (Fsp3) is 0.600. The molecule has 146 valence electrons. The van der Waals surface area contributed by atoms with E-state index in [2.05, 4.69) is 9.97 Å². The van der Waals surface area contributed by atoms with Crippen LogP contribution >= 0.6 is 0 Å². The molecule has 1 fully saturated rings. The van der Waals surface area contributed by atoms with Crippen molar-refractivity contribution in [2.24, 2.45) is 0 Å². The molecule has 5 nitrogen and oxygen atoms in total. The molecule has 0 saturated carbocycles. The molecule has 1 aromatic heterocycles. The smallest absolute Gasteiger partial charge is 0.399 e. The van der Waals surface area contributed by atoms with Crippen molar-refractivity contribution in [3.8, 4) is 0 Å². The Morgan fingerprint density at radius 2 is 1.63 bits per heavy atom. The van der Waals surface area contributed by atoms with Crippen LogP contribution in [0.15, 0.2) is 12.1 Å². The third kappa shape index (κ3) is 3.48. The summed E-state index contributed by atoms with van der Waals surface area (Å²) in [6, 6.07) is 3.24. The zero-order valence-electron chi connectivity index (χ0n) is 17.3. The maximum Gasteiger partial charge on any atom is 0.494 e. The van der Waals surface area contributed by atoms with Crippen molar-refractivity contribution >= 4 is 23.5 Å². The summed E-state index contributed by atoms with van der Waals surface area (Å²) in [7, 11) is -0.664. The zero-order chi connectivity index (χ0) is 20.4. The van der Waals surface area contributed by atoms with Crippen molar-refractivity contribution in [3.63, 3.8) is 0 Å². The fourth-order valence-corrected chi connectivity index (χ4v) is 3.06. The minimum atomic E-state index is -1.26. The number of aromatic nitrogens is 2. The second kappa shape index (κ2) is 6.22. The van der Waals surface area contributed by atoms with Crippen LogP contribution in [-0.4, -0.2) is 33.4 Å². The predicted octanol–water partition coefficient (Wildman–Crippen LogP) is 3.42. The molecular weight excluding hydrogens is 346 g/mol. The maximum atomic E-state index is 15.0. The average Bonchev–Trinajstić information content (AvgIpc) is 2.73. The van der Waals surface area contributed by atoms with Gasteiger partial charge in [0.25, 0.3) is 0 Å². The van der Waals surface area contributed by atoms with Gasteiger partial charge in [0.1, 0.15) is 16.9 Å². The average molecular weight is 374 g/mol. The van der Waals surface area contributed by atoms with E-state index < -0.39 is 29.7 Å². The van der Waals surface area contributed by atoms with Crippen LogP contribution in [0.4, 0.5) is 4.39 Å². The largest absolute Gasteiger partial charge is 0.494 e. The molecule has 0 spiro atoms. The molecule has 27 heavy (non-hydrogen) atoms. The summed E-state index contributed by atoms with van der Waals surface area (Å²) in [5.41, 5.74) is -0.786. The molecule has 3 rings (SSSR count). The Labute approximate surface area is 160 Å². The van der Waals surface area contributed by atoms with Crippen molar-refractivity contribution in [2.75, 3.05) is 0 Å². The summed E-state index contributed by atoms with van der Waals surface area (Å²) in [6.07, 6.45) is 0. The van der Waals surface area contributed by atoms with Crippen LogP contribution in [0.1, 0.15) is 72.8 Å². The van der Waals surface area contributed by atoms with E-state index in [9.17, 15) is 5.11 Å². The van der Waals surface area contributed by atoms with Gasteiger partial charge >= 0.3 is 7.12 Å². The lowest BCUT2D eigenvalue weighted by Gasteiger charge is -2.32. The second-order valence-electron chi connectivity index (χ2n) is 9.13. The SMILES string of the molecule is CC(C)c1nc(C(C)(C)O)nc2c(F)cc(B3OC(C)(C)C(C)(C)O3)cc12. The van der Waals surface area contributed by atoms with Crippen LogP contribution in [0.25, 0.3) is 10.9 Å². The molecule has 1 aliphatic heterocycles. The van der Waals surface area contributed by atoms with Gasteiger partial charge in [-0.3, -0.25) is 0 Å². The fourth-order valence-electron chi connectivity index (χ4n) is 3.06. The number of benzene rings is 1.